The minimum atomic E-state index is -0.117. The first-order chi connectivity index (χ1) is 11.2. The standard InChI is InChI=1S/C19H17NO3/c21-13-17-10-11-18(23-17)15-6-8-16(9-7-15)20-19(22)12-14-4-2-1-3-5-14/h1-11,21H,12-13H2,(H,20,22). The van der Waals surface area contributed by atoms with E-state index >= 15 is 0 Å². The molecule has 2 aromatic carbocycles. The molecule has 4 heteroatoms. The molecule has 1 aromatic heterocycles. The van der Waals surface area contributed by atoms with E-state index < -0.39 is 0 Å². The van der Waals surface area contributed by atoms with E-state index in [2.05, 4.69) is 5.32 Å². The van der Waals surface area contributed by atoms with Crippen molar-refractivity contribution < 1.29 is 14.3 Å². The predicted molar refractivity (Wildman–Crippen MR) is 88.8 cm³/mol. The molecule has 2 N–H and O–H groups in total. The molecule has 0 spiro atoms. The number of amides is 1. The molecule has 0 atom stereocenters. The third-order valence-corrected chi connectivity index (χ3v) is 3.48. The Bertz CT molecular complexity index is 776. The summed E-state index contributed by atoms with van der Waals surface area (Å²) >= 11 is 0. The van der Waals surface area contributed by atoms with Crippen LogP contribution >= 0.6 is 0 Å². The van der Waals surface area contributed by atoms with Crippen LogP contribution in [-0.4, -0.2) is 11.0 Å². The van der Waals surface area contributed by atoms with E-state index in [0.717, 1.165) is 16.8 Å². The topological polar surface area (TPSA) is 62.5 Å². The van der Waals surface area contributed by atoms with Gasteiger partial charge in [-0.05, 0) is 42.0 Å². The molecule has 0 bridgehead atoms. The summed E-state index contributed by atoms with van der Waals surface area (Å²) in [6.07, 6.45) is 0.348. The van der Waals surface area contributed by atoms with Gasteiger partial charge in [0.25, 0.3) is 0 Å². The summed E-state index contributed by atoms with van der Waals surface area (Å²) in [5.74, 6) is 1.17. The summed E-state index contributed by atoms with van der Waals surface area (Å²) in [6, 6.07) is 20.6. The number of hydrogen-bond acceptors (Lipinski definition) is 3. The van der Waals surface area contributed by atoms with Crippen LogP contribution in [0.25, 0.3) is 11.3 Å². The summed E-state index contributed by atoms with van der Waals surface area (Å²) < 4.78 is 5.48. The lowest BCUT2D eigenvalue weighted by atomic mass is 10.1. The van der Waals surface area contributed by atoms with Gasteiger partial charge in [-0.3, -0.25) is 4.79 Å². The fourth-order valence-electron chi connectivity index (χ4n) is 2.32. The summed E-state index contributed by atoms with van der Waals surface area (Å²) in [5.41, 5.74) is 2.61. The smallest absolute Gasteiger partial charge is 0.228 e. The Morgan fingerprint density at radius 3 is 2.35 bits per heavy atom. The number of rotatable bonds is 5. The van der Waals surface area contributed by atoms with Gasteiger partial charge in [0.2, 0.25) is 5.91 Å². The van der Waals surface area contributed by atoms with Gasteiger partial charge in [0.15, 0.2) is 0 Å². The second-order valence-corrected chi connectivity index (χ2v) is 5.21. The average Bonchev–Trinajstić information content (AvgIpc) is 3.05. The van der Waals surface area contributed by atoms with Gasteiger partial charge < -0.3 is 14.8 Å². The van der Waals surface area contributed by atoms with Crippen LogP contribution in [0.3, 0.4) is 0 Å². The first-order valence-electron chi connectivity index (χ1n) is 7.38. The summed E-state index contributed by atoms with van der Waals surface area (Å²) in [6.45, 7) is -0.117. The second kappa shape index (κ2) is 6.94. The Labute approximate surface area is 134 Å². The van der Waals surface area contributed by atoms with Gasteiger partial charge in [0.05, 0.1) is 6.42 Å². The Morgan fingerprint density at radius 1 is 0.957 bits per heavy atom. The molecule has 1 amide bonds. The van der Waals surface area contributed by atoms with Crippen molar-refractivity contribution in [1.82, 2.24) is 0 Å². The number of nitrogens with one attached hydrogen (secondary N) is 1. The molecule has 23 heavy (non-hydrogen) atoms. The van der Waals surface area contributed by atoms with Gasteiger partial charge >= 0.3 is 0 Å². The number of anilines is 1. The molecule has 0 aliphatic heterocycles. The largest absolute Gasteiger partial charge is 0.459 e. The SMILES string of the molecule is O=C(Cc1ccccc1)Nc1ccc(-c2ccc(CO)o2)cc1. The van der Waals surface area contributed by atoms with Gasteiger partial charge in [-0.2, -0.15) is 0 Å². The van der Waals surface area contributed by atoms with Crippen molar-refractivity contribution in [3.05, 3.63) is 78.1 Å². The van der Waals surface area contributed by atoms with Gasteiger partial charge in [0.1, 0.15) is 18.1 Å². The highest BCUT2D eigenvalue weighted by Crippen LogP contribution is 2.23. The molecule has 1 heterocycles. The third kappa shape index (κ3) is 3.87. The molecule has 3 aromatic rings. The van der Waals surface area contributed by atoms with E-state index in [1.54, 1.807) is 6.07 Å². The van der Waals surface area contributed by atoms with Crippen LogP contribution in [0.5, 0.6) is 0 Å². The number of benzene rings is 2. The van der Waals surface area contributed by atoms with Crippen LogP contribution < -0.4 is 5.32 Å². The average molecular weight is 307 g/mol. The monoisotopic (exact) mass is 307 g/mol. The van der Waals surface area contributed by atoms with Crippen LogP contribution in [0.2, 0.25) is 0 Å². The maximum absolute atomic E-state index is 12.0. The van der Waals surface area contributed by atoms with Crippen molar-refractivity contribution in [2.75, 3.05) is 5.32 Å². The van der Waals surface area contributed by atoms with Crippen LogP contribution in [0.4, 0.5) is 5.69 Å². The van der Waals surface area contributed by atoms with Crippen LogP contribution in [-0.2, 0) is 17.8 Å². The van der Waals surface area contributed by atoms with Crippen molar-refractivity contribution in [3.63, 3.8) is 0 Å². The maximum Gasteiger partial charge on any atom is 0.228 e. The summed E-state index contributed by atoms with van der Waals surface area (Å²) in [7, 11) is 0. The van der Waals surface area contributed by atoms with Crippen molar-refractivity contribution in [1.29, 1.82) is 0 Å². The molecule has 0 aliphatic carbocycles. The second-order valence-electron chi connectivity index (χ2n) is 5.21. The van der Waals surface area contributed by atoms with Gasteiger partial charge in [0, 0.05) is 11.3 Å². The molecule has 0 saturated carbocycles. The van der Waals surface area contributed by atoms with Gasteiger partial charge in [-0.25, -0.2) is 0 Å². The van der Waals surface area contributed by atoms with E-state index in [-0.39, 0.29) is 12.5 Å². The number of carbonyl (C=O) groups excluding carboxylic acids is 1. The number of carbonyl (C=O) groups is 1. The van der Waals surface area contributed by atoms with Gasteiger partial charge in [-0.15, -0.1) is 0 Å². The molecule has 3 rings (SSSR count). The lowest BCUT2D eigenvalue weighted by molar-refractivity contribution is -0.115. The zero-order valence-electron chi connectivity index (χ0n) is 12.5. The van der Waals surface area contributed by atoms with E-state index in [0.29, 0.717) is 17.9 Å². The molecule has 0 radical (unpaired) electrons. The van der Waals surface area contributed by atoms with E-state index in [4.69, 9.17) is 9.52 Å². The predicted octanol–water partition coefficient (Wildman–Crippen LogP) is 3.62. The summed E-state index contributed by atoms with van der Waals surface area (Å²) in [5, 5.41) is 11.9. The van der Waals surface area contributed by atoms with Crippen molar-refractivity contribution in [2.24, 2.45) is 0 Å². The molecule has 0 saturated heterocycles. The normalized spacial score (nSPS) is 10.5. The first-order valence-corrected chi connectivity index (χ1v) is 7.38. The molecular weight excluding hydrogens is 290 g/mol. The molecule has 0 aliphatic rings. The number of hydrogen-bond donors (Lipinski definition) is 2. The number of aliphatic hydroxyl groups excluding tert-OH is 1. The minimum Gasteiger partial charge on any atom is -0.459 e. The number of aliphatic hydroxyl groups is 1. The zero-order chi connectivity index (χ0) is 16.1. The molecule has 116 valence electrons. The van der Waals surface area contributed by atoms with Crippen LogP contribution in [0, 0.1) is 0 Å². The lowest BCUT2D eigenvalue weighted by Gasteiger charge is -2.06. The van der Waals surface area contributed by atoms with Crippen LogP contribution in [0.1, 0.15) is 11.3 Å². The summed E-state index contributed by atoms with van der Waals surface area (Å²) in [4.78, 5) is 12.0. The van der Waals surface area contributed by atoms with Crippen molar-refractivity contribution in [2.45, 2.75) is 13.0 Å². The highest BCUT2D eigenvalue weighted by molar-refractivity contribution is 5.92. The molecule has 4 nitrogen and oxygen atoms in total. The Hall–Kier alpha value is -2.85. The fraction of sp³-hybridized carbons (Fsp3) is 0.105. The van der Waals surface area contributed by atoms with Crippen molar-refractivity contribution in [3.8, 4) is 11.3 Å². The van der Waals surface area contributed by atoms with Crippen molar-refractivity contribution >= 4 is 11.6 Å². The zero-order valence-corrected chi connectivity index (χ0v) is 12.5. The quantitative estimate of drug-likeness (QED) is 0.756. The molecular formula is C19H17NO3. The molecule has 0 fully saturated rings. The first kappa shape index (κ1) is 15.1. The fourth-order valence-corrected chi connectivity index (χ4v) is 2.32. The highest BCUT2D eigenvalue weighted by Gasteiger charge is 2.06. The number of furan rings is 1. The maximum atomic E-state index is 12.0. The van der Waals surface area contributed by atoms with Crippen LogP contribution in [0.15, 0.2) is 71.1 Å². The Kier molecular flexibility index (Phi) is 4.54. The lowest BCUT2D eigenvalue weighted by Crippen LogP contribution is -2.14. The Balaban J connectivity index is 1.64. The van der Waals surface area contributed by atoms with E-state index in [9.17, 15) is 4.79 Å². The Morgan fingerprint density at radius 2 is 1.70 bits per heavy atom. The minimum absolute atomic E-state index is 0.0514. The van der Waals surface area contributed by atoms with E-state index in [1.165, 1.54) is 0 Å². The highest BCUT2D eigenvalue weighted by atomic mass is 16.4. The van der Waals surface area contributed by atoms with E-state index in [1.807, 2.05) is 60.7 Å². The molecule has 0 unspecified atom stereocenters. The van der Waals surface area contributed by atoms with Gasteiger partial charge in [-0.1, -0.05) is 30.3 Å². The third-order valence-electron chi connectivity index (χ3n) is 3.48.